The highest BCUT2D eigenvalue weighted by molar-refractivity contribution is 4.95. The molecule has 1 aliphatic rings. The Morgan fingerprint density at radius 3 is 2.93 bits per heavy atom. The Morgan fingerprint density at radius 1 is 1.67 bits per heavy atom. The van der Waals surface area contributed by atoms with E-state index in [2.05, 4.69) is 10.0 Å². The lowest BCUT2D eigenvalue weighted by Crippen LogP contribution is -2.51. The van der Waals surface area contributed by atoms with Gasteiger partial charge in [-0.05, 0) is 24.8 Å². The number of aliphatic hydroxyl groups is 1. The summed E-state index contributed by atoms with van der Waals surface area (Å²) in [5.41, 5.74) is 7.79. The summed E-state index contributed by atoms with van der Waals surface area (Å²) in [6, 6.07) is -0.567. The van der Waals surface area contributed by atoms with E-state index in [0.717, 1.165) is 19.3 Å². The summed E-state index contributed by atoms with van der Waals surface area (Å²) in [5, 5.41) is 12.8. The molecule has 1 aliphatic heterocycles. The fourth-order valence-corrected chi connectivity index (χ4v) is 1.96. The van der Waals surface area contributed by atoms with Crippen molar-refractivity contribution in [2.45, 2.75) is 30.9 Å². The average Bonchev–Trinajstić information content (AvgIpc) is 2.27. The fourth-order valence-electron chi connectivity index (χ4n) is 1.96. The third-order valence-electron chi connectivity index (χ3n) is 2.74. The predicted molar refractivity (Wildman–Crippen MR) is 54.4 cm³/mol. The maximum Gasteiger partial charge on any atom is 0.102 e. The Balaban J connectivity index is 2.80. The summed E-state index contributed by atoms with van der Waals surface area (Å²) in [4.78, 5) is 2.74. The van der Waals surface area contributed by atoms with Crippen LogP contribution >= 0.6 is 0 Å². The molecule has 15 heavy (non-hydrogen) atoms. The smallest absolute Gasteiger partial charge is 0.102 e. The van der Waals surface area contributed by atoms with Crippen molar-refractivity contribution >= 4 is 0 Å². The van der Waals surface area contributed by atoms with Gasteiger partial charge in [0.2, 0.25) is 0 Å². The van der Waals surface area contributed by atoms with E-state index < -0.39 is 11.6 Å². The van der Waals surface area contributed by atoms with Crippen molar-refractivity contribution in [2.75, 3.05) is 26.9 Å². The summed E-state index contributed by atoms with van der Waals surface area (Å²) in [6.07, 6.45) is 2.76. The van der Waals surface area contributed by atoms with Crippen LogP contribution in [0.1, 0.15) is 19.3 Å². The third kappa shape index (κ3) is 2.82. The first-order valence-electron chi connectivity index (χ1n) is 5.07. The number of nitrogens with zero attached hydrogens (tertiary/aromatic N) is 3. The maximum absolute atomic E-state index is 9.20. The Morgan fingerprint density at radius 2 is 2.47 bits per heavy atom. The van der Waals surface area contributed by atoms with Crippen LogP contribution in [0.4, 0.5) is 0 Å². The molecule has 0 bridgehead atoms. The molecule has 1 N–H and O–H groups in total. The Bertz CT molecular complexity index is 229. The van der Waals surface area contributed by atoms with Crippen LogP contribution in [0.3, 0.4) is 0 Å². The highest BCUT2D eigenvalue weighted by Gasteiger charge is 2.40. The van der Waals surface area contributed by atoms with E-state index in [1.54, 1.807) is 7.11 Å². The van der Waals surface area contributed by atoms with E-state index in [1.165, 1.54) is 0 Å². The number of hydrogen-bond donors (Lipinski definition) is 1. The minimum Gasteiger partial charge on any atom is -0.396 e. The fraction of sp³-hybridized carbons (Fsp3) is 1.00. The molecule has 0 amide bonds. The quantitative estimate of drug-likeness (QED) is 0.425. The Labute approximate surface area is 88.8 Å². The van der Waals surface area contributed by atoms with Gasteiger partial charge in [-0.25, -0.2) is 0 Å². The molecule has 0 saturated carbocycles. The second-order valence-electron chi connectivity index (χ2n) is 3.71. The van der Waals surface area contributed by atoms with E-state index in [9.17, 15) is 5.11 Å². The zero-order valence-corrected chi connectivity index (χ0v) is 8.93. The van der Waals surface area contributed by atoms with Crippen molar-refractivity contribution in [1.82, 2.24) is 0 Å². The van der Waals surface area contributed by atoms with Crippen LogP contribution in [0.25, 0.3) is 10.4 Å². The Kier molecular flexibility index (Phi) is 4.84. The molecular formula is C9H17N3O3. The number of azide groups is 1. The summed E-state index contributed by atoms with van der Waals surface area (Å²) in [7, 11) is 1.57. The SMILES string of the molecule is COCC1(C(CO)N=[N+]=[N-])CCCCO1. The number of aliphatic hydroxyl groups excluding tert-OH is 1. The molecule has 1 fully saturated rings. The van der Waals surface area contributed by atoms with Gasteiger partial charge in [-0.15, -0.1) is 0 Å². The molecular weight excluding hydrogens is 198 g/mol. The van der Waals surface area contributed by atoms with Crippen molar-refractivity contribution in [3.05, 3.63) is 10.4 Å². The van der Waals surface area contributed by atoms with Gasteiger partial charge >= 0.3 is 0 Å². The van der Waals surface area contributed by atoms with E-state index in [4.69, 9.17) is 15.0 Å². The monoisotopic (exact) mass is 215 g/mol. The van der Waals surface area contributed by atoms with Crippen LogP contribution in [0.15, 0.2) is 5.11 Å². The molecule has 0 aliphatic carbocycles. The summed E-state index contributed by atoms with van der Waals surface area (Å²) in [6.45, 7) is 0.755. The van der Waals surface area contributed by atoms with Crippen LogP contribution in [-0.4, -0.2) is 43.7 Å². The maximum atomic E-state index is 9.20. The minimum absolute atomic E-state index is 0.215. The molecule has 1 saturated heterocycles. The average molecular weight is 215 g/mol. The highest BCUT2D eigenvalue weighted by Crippen LogP contribution is 2.30. The molecule has 0 radical (unpaired) electrons. The van der Waals surface area contributed by atoms with E-state index in [-0.39, 0.29) is 6.61 Å². The molecule has 6 nitrogen and oxygen atoms in total. The van der Waals surface area contributed by atoms with Crippen molar-refractivity contribution in [3.63, 3.8) is 0 Å². The third-order valence-corrected chi connectivity index (χ3v) is 2.74. The van der Waals surface area contributed by atoms with Gasteiger partial charge in [0, 0.05) is 18.6 Å². The molecule has 0 aromatic rings. The number of methoxy groups -OCH3 is 1. The standard InChI is InChI=1S/C9H17N3O3/c1-14-7-9(4-2-3-5-15-9)8(6-13)11-12-10/h8,13H,2-7H2,1H3. The lowest BCUT2D eigenvalue weighted by Gasteiger charge is -2.40. The Hall–Kier alpha value is -0.810. The zero-order valence-electron chi connectivity index (χ0n) is 8.93. The van der Waals surface area contributed by atoms with Gasteiger partial charge in [0.25, 0.3) is 0 Å². The lowest BCUT2D eigenvalue weighted by atomic mass is 9.87. The van der Waals surface area contributed by atoms with Gasteiger partial charge < -0.3 is 14.6 Å². The van der Waals surface area contributed by atoms with Crippen LogP contribution in [0, 0.1) is 0 Å². The minimum atomic E-state index is -0.645. The second-order valence-corrected chi connectivity index (χ2v) is 3.71. The van der Waals surface area contributed by atoms with E-state index >= 15 is 0 Å². The van der Waals surface area contributed by atoms with Gasteiger partial charge in [-0.2, -0.15) is 0 Å². The van der Waals surface area contributed by atoms with Crippen LogP contribution in [0.5, 0.6) is 0 Å². The van der Waals surface area contributed by atoms with E-state index in [0.29, 0.717) is 13.2 Å². The molecule has 0 aromatic carbocycles. The number of hydrogen-bond acceptors (Lipinski definition) is 4. The predicted octanol–water partition coefficient (Wildman–Crippen LogP) is 1.24. The summed E-state index contributed by atoms with van der Waals surface area (Å²) in [5.74, 6) is 0. The van der Waals surface area contributed by atoms with Gasteiger partial charge in [-0.3, -0.25) is 0 Å². The van der Waals surface area contributed by atoms with Crippen LogP contribution in [-0.2, 0) is 9.47 Å². The van der Waals surface area contributed by atoms with Crippen LogP contribution in [0.2, 0.25) is 0 Å². The van der Waals surface area contributed by atoms with Gasteiger partial charge in [0.15, 0.2) is 0 Å². The molecule has 6 heteroatoms. The topological polar surface area (TPSA) is 87.5 Å². The number of rotatable bonds is 5. The molecule has 2 atom stereocenters. The van der Waals surface area contributed by atoms with Crippen molar-refractivity contribution in [3.8, 4) is 0 Å². The van der Waals surface area contributed by atoms with Gasteiger partial charge in [0.05, 0.1) is 19.3 Å². The first kappa shape index (κ1) is 12.3. The van der Waals surface area contributed by atoms with Crippen molar-refractivity contribution in [1.29, 1.82) is 0 Å². The normalized spacial score (nSPS) is 28.1. The van der Waals surface area contributed by atoms with Crippen LogP contribution < -0.4 is 0 Å². The zero-order chi connectivity index (χ0) is 11.1. The number of ether oxygens (including phenoxy) is 2. The summed E-state index contributed by atoms with van der Waals surface area (Å²) >= 11 is 0. The highest BCUT2D eigenvalue weighted by atomic mass is 16.5. The molecule has 0 aromatic heterocycles. The molecule has 2 unspecified atom stereocenters. The largest absolute Gasteiger partial charge is 0.396 e. The molecule has 1 rings (SSSR count). The van der Waals surface area contributed by atoms with Gasteiger partial charge in [-0.1, -0.05) is 5.11 Å². The molecule has 1 heterocycles. The van der Waals surface area contributed by atoms with Crippen molar-refractivity contribution < 1.29 is 14.6 Å². The van der Waals surface area contributed by atoms with Gasteiger partial charge in [0.1, 0.15) is 5.60 Å². The molecule has 0 spiro atoms. The first-order chi connectivity index (χ1) is 7.29. The molecule has 86 valence electrons. The van der Waals surface area contributed by atoms with E-state index in [1.807, 2.05) is 0 Å². The lowest BCUT2D eigenvalue weighted by molar-refractivity contribution is -0.135. The second kappa shape index (κ2) is 5.92. The first-order valence-corrected chi connectivity index (χ1v) is 5.07. The van der Waals surface area contributed by atoms with Crippen molar-refractivity contribution in [2.24, 2.45) is 5.11 Å². The summed E-state index contributed by atoms with van der Waals surface area (Å²) < 4.78 is 10.8.